The van der Waals surface area contributed by atoms with Crippen LogP contribution in [-0.2, 0) is 4.74 Å². The largest absolute Gasteiger partial charge is 0.490 e. The summed E-state index contributed by atoms with van der Waals surface area (Å²) < 4.78 is 53.7. The molecule has 0 bridgehead atoms. The van der Waals surface area contributed by atoms with Gasteiger partial charge >= 0.3 is 6.18 Å². The van der Waals surface area contributed by atoms with Crippen LogP contribution in [0.25, 0.3) is 23.1 Å². The van der Waals surface area contributed by atoms with Gasteiger partial charge in [-0.1, -0.05) is 32.8 Å². The average Bonchev–Trinajstić information content (AvgIpc) is 3.57. The van der Waals surface area contributed by atoms with Crippen LogP contribution in [0.15, 0.2) is 59.0 Å². The second kappa shape index (κ2) is 15.5. The Hall–Kier alpha value is -4.46. The molecule has 1 unspecified atom stereocenters. The SMILES string of the molecule is [C-]#[N+]C1=C(/C=C/c2ccc(/C=C/c3ccc(N(CCCC)CCCC)cc3OC(C)C)s2)C(C)(C(F)(F)F)OC1=C(C#N)C#N. The van der Waals surface area contributed by atoms with Gasteiger partial charge in [0.15, 0.2) is 11.3 Å². The van der Waals surface area contributed by atoms with Crippen molar-refractivity contribution in [2.24, 2.45) is 0 Å². The van der Waals surface area contributed by atoms with Gasteiger partial charge in [-0.2, -0.15) is 23.7 Å². The van der Waals surface area contributed by atoms with Gasteiger partial charge < -0.3 is 14.4 Å². The molecule has 1 atom stereocenters. The lowest BCUT2D eigenvalue weighted by molar-refractivity contribution is -0.236. The predicted octanol–water partition coefficient (Wildman–Crippen LogP) is 9.95. The van der Waals surface area contributed by atoms with Gasteiger partial charge in [-0.3, -0.25) is 0 Å². The molecule has 1 aliphatic heterocycles. The van der Waals surface area contributed by atoms with Crippen LogP contribution in [0.1, 0.15) is 75.6 Å². The van der Waals surface area contributed by atoms with Crippen molar-refractivity contribution in [3.63, 3.8) is 0 Å². The minimum Gasteiger partial charge on any atom is -0.490 e. The molecule has 2 heterocycles. The molecule has 0 amide bonds. The predicted molar refractivity (Wildman–Crippen MR) is 174 cm³/mol. The summed E-state index contributed by atoms with van der Waals surface area (Å²) in [7, 11) is 0. The number of allylic oxidation sites excluding steroid dienone is 1. The van der Waals surface area contributed by atoms with Crippen molar-refractivity contribution in [2.45, 2.75) is 78.2 Å². The fourth-order valence-corrected chi connectivity index (χ4v) is 5.49. The summed E-state index contributed by atoms with van der Waals surface area (Å²) in [5.41, 5.74) is -2.52. The van der Waals surface area contributed by atoms with Crippen molar-refractivity contribution < 1.29 is 22.6 Å². The summed E-state index contributed by atoms with van der Waals surface area (Å²) in [6.45, 7) is 18.6. The molecule has 0 spiro atoms. The van der Waals surface area contributed by atoms with E-state index in [1.54, 1.807) is 6.07 Å². The number of anilines is 1. The summed E-state index contributed by atoms with van der Waals surface area (Å²) in [6, 6.07) is 12.9. The first-order valence-corrected chi connectivity index (χ1v) is 15.7. The molecule has 236 valence electrons. The van der Waals surface area contributed by atoms with E-state index in [0.717, 1.165) is 67.6 Å². The van der Waals surface area contributed by atoms with E-state index in [1.807, 2.05) is 38.1 Å². The monoisotopic (exact) mass is 634 g/mol. The third-order valence-corrected chi connectivity index (χ3v) is 8.19. The number of ether oxygens (including phenoxy) is 2. The number of hydrogen-bond donors (Lipinski definition) is 0. The van der Waals surface area contributed by atoms with Gasteiger partial charge in [0.25, 0.3) is 0 Å². The molecule has 0 saturated carbocycles. The Morgan fingerprint density at radius 2 is 1.64 bits per heavy atom. The normalized spacial score (nSPS) is 16.6. The van der Waals surface area contributed by atoms with Crippen molar-refractivity contribution in [1.29, 1.82) is 10.5 Å². The number of hydrogen-bond acceptors (Lipinski definition) is 6. The first kappa shape index (κ1) is 35.0. The Balaban J connectivity index is 1.93. The number of rotatable bonds is 13. The van der Waals surface area contributed by atoms with Crippen LogP contribution < -0.4 is 9.64 Å². The Bertz CT molecular complexity index is 1590. The maximum absolute atomic E-state index is 14.1. The zero-order chi connectivity index (χ0) is 33.2. The molecular weight excluding hydrogens is 597 g/mol. The molecule has 10 heteroatoms. The van der Waals surface area contributed by atoms with Gasteiger partial charge in [0.1, 0.15) is 17.9 Å². The Morgan fingerprint density at radius 1 is 1.04 bits per heavy atom. The van der Waals surface area contributed by atoms with Crippen molar-refractivity contribution in [3.05, 3.63) is 85.7 Å². The number of alkyl halides is 3. The second-order valence-electron chi connectivity index (χ2n) is 10.9. The van der Waals surface area contributed by atoms with Gasteiger partial charge in [-0.05, 0) is 76.1 Å². The molecule has 0 aliphatic carbocycles. The molecule has 0 fully saturated rings. The lowest BCUT2D eigenvalue weighted by Crippen LogP contribution is -2.43. The maximum atomic E-state index is 14.1. The number of benzene rings is 1. The molecule has 1 aromatic heterocycles. The van der Waals surface area contributed by atoms with Gasteiger partial charge in [-0.25, -0.2) is 4.85 Å². The van der Waals surface area contributed by atoms with E-state index >= 15 is 0 Å². The van der Waals surface area contributed by atoms with E-state index in [1.165, 1.54) is 35.6 Å². The third-order valence-electron chi connectivity index (χ3n) is 7.17. The molecule has 2 aromatic rings. The molecule has 0 saturated heterocycles. The van der Waals surface area contributed by atoms with E-state index < -0.39 is 34.4 Å². The first-order valence-electron chi connectivity index (χ1n) is 14.9. The fourth-order valence-electron chi connectivity index (χ4n) is 4.68. The zero-order valence-corrected chi connectivity index (χ0v) is 27.0. The number of nitriles is 2. The standard InChI is InChI=1S/C35H37F3N4O2S/c1-7-9-19-42(20-10-8-2)27-13-11-25(31(21-27)43-24(3)4)12-14-28-15-16-29(45-28)17-18-30-32(41-6)33(26(22-39)23-40)44-34(30,5)35(36,37)38/h11-18,21,24H,7-10,19-20H2,1-5H3/b14-12+,18-17+. The number of thiophene rings is 1. The van der Waals surface area contributed by atoms with Crippen LogP contribution in [0.2, 0.25) is 0 Å². The van der Waals surface area contributed by atoms with E-state index in [4.69, 9.17) is 16.0 Å². The molecule has 6 nitrogen and oxygen atoms in total. The van der Waals surface area contributed by atoms with Crippen molar-refractivity contribution in [1.82, 2.24) is 0 Å². The molecule has 0 N–H and O–H groups in total. The van der Waals surface area contributed by atoms with Crippen LogP contribution in [0.5, 0.6) is 5.75 Å². The highest BCUT2D eigenvalue weighted by atomic mass is 32.1. The number of nitrogens with zero attached hydrogens (tertiary/aromatic N) is 4. The van der Waals surface area contributed by atoms with Crippen LogP contribution in [0.4, 0.5) is 18.9 Å². The van der Waals surface area contributed by atoms with Crippen LogP contribution in [-0.4, -0.2) is 31.0 Å². The minimum atomic E-state index is -4.90. The van der Waals surface area contributed by atoms with E-state index in [-0.39, 0.29) is 6.10 Å². The lowest BCUT2D eigenvalue weighted by Gasteiger charge is -2.29. The van der Waals surface area contributed by atoms with E-state index in [2.05, 4.69) is 35.7 Å². The van der Waals surface area contributed by atoms with E-state index in [9.17, 15) is 23.7 Å². The van der Waals surface area contributed by atoms with Gasteiger partial charge in [0.05, 0.1) is 12.7 Å². The van der Waals surface area contributed by atoms with Gasteiger partial charge in [-0.15, -0.1) is 11.3 Å². The summed E-state index contributed by atoms with van der Waals surface area (Å²) in [6.07, 6.45) is 6.06. The first-order chi connectivity index (χ1) is 21.4. The molecule has 0 radical (unpaired) electrons. The summed E-state index contributed by atoms with van der Waals surface area (Å²) >= 11 is 1.35. The molecule has 3 rings (SSSR count). The van der Waals surface area contributed by atoms with Gasteiger partial charge in [0, 0.05) is 45.7 Å². The highest BCUT2D eigenvalue weighted by molar-refractivity contribution is 7.13. The molecule has 45 heavy (non-hydrogen) atoms. The van der Waals surface area contributed by atoms with Crippen LogP contribution in [0.3, 0.4) is 0 Å². The smallest absolute Gasteiger partial charge is 0.430 e. The molecular formula is C35H37F3N4O2S. The lowest BCUT2D eigenvalue weighted by atomic mass is 9.94. The Labute approximate surface area is 267 Å². The number of unbranched alkanes of at least 4 members (excludes halogenated alkanes) is 2. The highest BCUT2D eigenvalue weighted by Crippen LogP contribution is 2.50. The highest BCUT2D eigenvalue weighted by Gasteiger charge is 2.60. The van der Waals surface area contributed by atoms with Crippen molar-refractivity contribution in [3.8, 4) is 17.9 Å². The van der Waals surface area contributed by atoms with Crippen LogP contribution in [0, 0.1) is 29.2 Å². The molecule has 1 aromatic carbocycles. The zero-order valence-electron chi connectivity index (χ0n) is 26.2. The number of halogens is 3. The van der Waals surface area contributed by atoms with Crippen molar-refractivity contribution >= 4 is 35.3 Å². The Kier molecular flexibility index (Phi) is 12.1. The van der Waals surface area contributed by atoms with Crippen LogP contribution >= 0.6 is 11.3 Å². The van der Waals surface area contributed by atoms with E-state index in [0.29, 0.717) is 4.88 Å². The summed E-state index contributed by atoms with van der Waals surface area (Å²) in [5.74, 6) is 0.117. The maximum Gasteiger partial charge on any atom is 0.430 e. The third kappa shape index (κ3) is 8.38. The fraction of sp³-hybridized carbons (Fsp3) is 0.400. The van der Waals surface area contributed by atoms with Gasteiger partial charge in [0.2, 0.25) is 11.3 Å². The summed E-state index contributed by atoms with van der Waals surface area (Å²) in [4.78, 5) is 7.11. The minimum absolute atomic E-state index is 0.0185. The summed E-state index contributed by atoms with van der Waals surface area (Å²) in [5, 5.41) is 18.4. The quantitative estimate of drug-likeness (QED) is 0.162. The topological polar surface area (TPSA) is 73.6 Å². The second-order valence-corrected chi connectivity index (χ2v) is 12.1. The van der Waals surface area contributed by atoms with Crippen molar-refractivity contribution in [2.75, 3.05) is 18.0 Å². The Morgan fingerprint density at radius 3 is 2.16 bits per heavy atom. The average molecular weight is 635 g/mol. The molecule has 1 aliphatic rings.